The smallest absolute Gasteiger partial charge is 0.307 e. The van der Waals surface area contributed by atoms with Gasteiger partial charge in [-0.3, -0.25) is 4.79 Å². The Bertz CT molecular complexity index is 847. The summed E-state index contributed by atoms with van der Waals surface area (Å²) in [4.78, 5) is 11.7. The molecule has 7 heteroatoms. The van der Waals surface area contributed by atoms with Crippen molar-refractivity contribution in [3.63, 3.8) is 0 Å². The molecular formula is C16H20ClNO4S. The van der Waals surface area contributed by atoms with Gasteiger partial charge in [-0.2, -0.15) is 0 Å². The van der Waals surface area contributed by atoms with Crippen LogP contribution in [-0.4, -0.2) is 30.3 Å². The van der Waals surface area contributed by atoms with E-state index in [1.165, 1.54) is 0 Å². The molecule has 0 aliphatic rings. The Kier molecular flexibility index (Phi) is 4.78. The summed E-state index contributed by atoms with van der Waals surface area (Å²) in [5.41, 5.74) is 0.141. The standard InChI is InChI=1S/C16H20ClNO4S/c1-16(2,3)22-15(19)7-8-23(20,21)14-10-11-9-12(17)5-6-13(11)18(14)4/h5-6,9-10H,7-8H2,1-4H3. The second-order valence-corrected chi connectivity index (χ2v) is 8.89. The number of sulfone groups is 1. The summed E-state index contributed by atoms with van der Waals surface area (Å²) >= 11 is 5.94. The minimum Gasteiger partial charge on any atom is -0.460 e. The lowest BCUT2D eigenvalue weighted by Gasteiger charge is -2.19. The molecule has 0 radical (unpaired) electrons. The third kappa shape index (κ3) is 4.26. The van der Waals surface area contributed by atoms with Gasteiger partial charge in [0, 0.05) is 23.0 Å². The first-order valence-electron chi connectivity index (χ1n) is 7.19. The molecule has 0 N–H and O–H groups in total. The molecule has 0 saturated carbocycles. The number of hydrogen-bond donors (Lipinski definition) is 0. The first-order chi connectivity index (χ1) is 10.5. The van der Waals surface area contributed by atoms with Crippen molar-refractivity contribution in [1.82, 2.24) is 4.57 Å². The minimum atomic E-state index is -3.60. The number of ether oxygens (including phenoxy) is 1. The Morgan fingerprint density at radius 1 is 1.26 bits per heavy atom. The minimum absolute atomic E-state index is 0.165. The molecule has 0 atom stereocenters. The van der Waals surface area contributed by atoms with Crippen LogP contribution in [0, 0.1) is 0 Å². The first-order valence-corrected chi connectivity index (χ1v) is 9.22. The van der Waals surface area contributed by atoms with E-state index in [2.05, 4.69) is 0 Å². The molecule has 23 heavy (non-hydrogen) atoms. The number of carbonyl (C=O) groups excluding carboxylic acids is 1. The van der Waals surface area contributed by atoms with Crippen LogP contribution in [0.15, 0.2) is 29.3 Å². The van der Waals surface area contributed by atoms with Gasteiger partial charge in [0.2, 0.25) is 0 Å². The normalized spacial score (nSPS) is 12.6. The van der Waals surface area contributed by atoms with Gasteiger partial charge in [0.15, 0.2) is 9.84 Å². The fourth-order valence-electron chi connectivity index (χ4n) is 2.31. The fourth-order valence-corrected chi connectivity index (χ4v) is 3.96. The number of benzene rings is 1. The van der Waals surface area contributed by atoms with Crippen LogP contribution in [-0.2, 0) is 26.4 Å². The summed E-state index contributed by atoms with van der Waals surface area (Å²) in [5, 5.41) is 1.45. The maximum Gasteiger partial charge on any atom is 0.307 e. The van der Waals surface area contributed by atoms with Crippen molar-refractivity contribution in [2.24, 2.45) is 7.05 Å². The van der Waals surface area contributed by atoms with Crippen LogP contribution >= 0.6 is 11.6 Å². The maximum atomic E-state index is 12.5. The second-order valence-electron chi connectivity index (χ2n) is 6.40. The van der Waals surface area contributed by atoms with Crippen molar-refractivity contribution in [1.29, 1.82) is 0 Å². The summed E-state index contributed by atoms with van der Waals surface area (Å²) in [6.07, 6.45) is -0.179. The summed E-state index contributed by atoms with van der Waals surface area (Å²) in [6.45, 7) is 5.23. The molecule has 0 saturated heterocycles. The molecule has 2 rings (SSSR count). The zero-order valence-corrected chi connectivity index (χ0v) is 15.2. The van der Waals surface area contributed by atoms with Gasteiger partial charge in [0.25, 0.3) is 0 Å². The number of aryl methyl sites for hydroxylation is 1. The number of esters is 1. The molecular weight excluding hydrogens is 338 g/mol. The lowest BCUT2D eigenvalue weighted by Crippen LogP contribution is -2.25. The molecule has 126 valence electrons. The van der Waals surface area contributed by atoms with Crippen LogP contribution in [0.1, 0.15) is 27.2 Å². The number of aromatic nitrogens is 1. The molecule has 0 bridgehead atoms. The molecule has 2 aromatic rings. The monoisotopic (exact) mass is 357 g/mol. The maximum absolute atomic E-state index is 12.5. The third-order valence-electron chi connectivity index (χ3n) is 3.27. The van der Waals surface area contributed by atoms with E-state index in [1.54, 1.807) is 56.7 Å². The summed E-state index contributed by atoms with van der Waals surface area (Å²) in [6, 6.07) is 6.76. The van der Waals surface area contributed by atoms with Gasteiger partial charge in [-0.1, -0.05) is 11.6 Å². The number of hydrogen-bond acceptors (Lipinski definition) is 4. The van der Waals surface area contributed by atoms with Gasteiger partial charge in [-0.15, -0.1) is 0 Å². The summed E-state index contributed by atoms with van der Waals surface area (Å²) < 4.78 is 31.8. The van der Waals surface area contributed by atoms with Gasteiger partial charge in [-0.25, -0.2) is 8.42 Å². The van der Waals surface area contributed by atoms with Crippen molar-refractivity contribution >= 4 is 38.3 Å². The first kappa shape index (κ1) is 17.8. The van der Waals surface area contributed by atoms with Crippen molar-refractivity contribution in [3.8, 4) is 0 Å². The van der Waals surface area contributed by atoms with E-state index in [-0.39, 0.29) is 17.2 Å². The van der Waals surface area contributed by atoms with Gasteiger partial charge in [-0.05, 0) is 45.0 Å². The number of nitrogens with zero attached hydrogens (tertiary/aromatic N) is 1. The zero-order valence-electron chi connectivity index (χ0n) is 13.6. The average molecular weight is 358 g/mol. The number of rotatable bonds is 4. The summed E-state index contributed by atoms with van der Waals surface area (Å²) in [5.74, 6) is -0.817. The van der Waals surface area contributed by atoms with E-state index in [1.807, 2.05) is 0 Å². The topological polar surface area (TPSA) is 65.4 Å². The second kappa shape index (κ2) is 6.17. The molecule has 0 fully saturated rings. The Morgan fingerprint density at radius 3 is 2.52 bits per heavy atom. The molecule has 5 nitrogen and oxygen atoms in total. The third-order valence-corrected chi connectivity index (χ3v) is 5.28. The van der Waals surface area contributed by atoms with E-state index in [9.17, 15) is 13.2 Å². The predicted octanol–water partition coefficient (Wildman–Crippen LogP) is 3.34. The highest BCUT2D eigenvalue weighted by atomic mass is 35.5. The highest BCUT2D eigenvalue weighted by molar-refractivity contribution is 7.91. The fraction of sp³-hybridized carbons (Fsp3) is 0.438. The number of halogens is 1. The van der Waals surface area contributed by atoms with Gasteiger partial charge >= 0.3 is 5.97 Å². The molecule has 1 heterocycles. The van der Waals surface area contributed by atoms with E-state index in [0.717, 1.165) is 10.9 Å². The zero-order chi connectivity index (χ0) is 17.4. The molecule has 1 aromatic heterocycles. The molecule has 1 aromatic carbocycles. The average Bonchev–Trinajstić information content (AvgIpc) is 2.72. The van der Waals surface area contributed by atoms with Crippen LogP contribution in [0.3, 0.4) is 0 Å². The SMILES string of the molecule is Cn1c(S(=O)(=O)CCC(=O)OC(C)(C)C)cc2cc(Cl)ccc21. The molecule has 0 unspecified atom stereocenters. The van der Waals surface area contributed by atoms with Crippen molar-refractivity contribution in [2.75, 3.05) is 5.75 Å². The molecule has 0 aliphatic heterocycles. The lowest BCUT2D eigenvalue weighted by atomic mass is 10.2. The highest BCUT2D eigenvalue weighted by Crippen LogP contribution is 2.26. The van der Waals surface area contributed by atoms with Crippen LogP contribution in [0.2, 0.25) is 5.02 Å². The Hall–Kier alpha value is -1.53. The van der Waals surface area contributed by atoms with E-state index >= 15 is 0 Å². The number of carbonyl (C=O) groups is 1. The van der Waals surface area contributed by atoms with E-state index < -0.39 is 21.4 Å². The Labute approximate surface area is 141 Å². The van der Waals surface area contributed by atoms with Crippen molar-refractivity contribution in [3.05, 3.63) is 29.3 Å². The molecule has 0 amide bonds. The van der Waals surface area contributed by atoms with E-state index in [0.29, 0.717) is 5.02 Å². The Morgan fingerprint density at radius 2 is 1.91 bits per heavy atom. The van der Waals surface area contributed by atoms with Crippen molar-refractivity contribution < 1.29 is 17.9 Å². The summed E-state index contributed by atoms with van der Waals surface area (Å²) in [7, 11) is -1.92. The largest absolute Gasteiger partial charge is 0.460 e. The lowest BCUT2D eigenvalue weighted by molar-refractivity contribution is -0.154. The van der Waals surface area contributed by atoms with Gasteiger partial charge in [0.05, 0.1) is 12.2 Å². The van der Waals surface area contributed by atoms with Crippen LogP contribution in [0.25, 0.3) is 10.9 Å². The predicted molar refractivity (Wildman–Crippen MR) is 90.4 cm³/mol. The van der Waals surface area contributed by atoms with Crippen molar-refractivity contribution in [2.45, 2.75) is 37.8 Å². The van der Waals surface area contributed by atoms with Crippen LogP contribution in [0.4, 0.5) is 0 Å². The molecule has 0 aliphatic carbocycles. The van der Waals surface area contributed by atoms with Crippen LogP contribution in [0.5, 0.6) is 0 Å². The molecule has 0 spiro atoms. The highest BCUT2D eigenvalue weighted by Gasteiger charge is 2.23. The quantitative estimate of drug-likeness (QED) is 0.787. The van der Waals surface area contributed by atoms with Crippen LogP contribution < -0.4 is 0 Å². The van der Waals surface area contributed by atoms with Gasteiger partial charge in [0.1, 0.15) is 10.6 Å². The Balaban J connectivity index is 2.23. The van der Waals surface area contributed by atoms with E-state index in [4.69, 9.17) is 16.3 Å². The van der Waals surface area contributed by atoms with Gasteiger partial charge < -0.3 is 9.30 Å². The number of fused-ring (bicyclic) bond motifs is 1.